The zero-order valence-electron chi connectivity index (χ0n) is 12.5. The van der Waals surface area contributed by atoms with E-state index in [-0.39, 0.29) is 6.61 Å². The van der Waals surface area contributed by atoms with E-state index in [0.717, 1.165) is 39.3 Å². The van der Waals surface area contributed by atoms with Gasteiger partial charge in [0.15, 0.2) is 6.10 Å². The molecule has 5 nitrogen and oxygen atoms in total. The van der Waals surface area contributed by atoms with E-state index in [1.807, 2.05) is 12.1 Å². The Morgan fingerprint density at radius 2 is 2.00 bits per heavy atom. The summed E-state index contributed by atoms with van der Waals surface area (Å²) in [5.41, 5.74) is 1.77. The first kappa shape index (κ1) is 15.9. The van der Waals surface area contributed by atoms with Crippen molar-refractivity contribution in [2.45, 2.75) is 19.4 Å². The number of hydrogen-bond acceptors (Lipinski definition) is 5. The number of carbonyl (C=O) groups excluding carboxylic acids is 1. The minimum absolute atomic E-state index is 0.271. The quantitative estimate of drug-likeness (QED) is 0.798. The summed E-state index contributed by atoms with van der Waals surface area (Å²) in [7, 11) is 0. The van der Waals surface area contributed by atoms with Crippen molar-refractivity contribution in [3.8, 4) is 0 Å². The van der Waals surface area contributed by atoms with Gasteiger partial charge in [0.2, 0.25) is 0 Å². The van der Waals surface area contributed by atoms with Crippen LogP contribution in [0.3, 0.4) is 0 Å². The van der Waals surface area contributed by atoms with Crippen LogP contribution in [0, 0.1) is 0 Å². The van der Waals surface area contributed by atoms with E-state index in [9.17, 15) is 9.90 Å². The molecule has 1 saturated heterocycles. The van der Waals surface area contributed by atoms with E-state index in [0.29, 0.717) is 5.56 Å². The van der Waals surface area contributed by atoms with E-state index in [2.05, 4.69) is 4.90 Å². The summed E-state index contributed by atoms with van der Waals surface area (Å²) in [6.07, 6.45) is -0.242. The molecule has 0 aromatic heterocycles. The molecule has 1 aromatic rings. The van der Waals surface area contributed by atoms with Crippen molar-refractivity contribution >= 4 is 5.97 Å². The molecule has 0 bridgehead atoms. The number of esters is 1. The highest BCUT2D eigenvalue weighted by Crippen LogP contribution is 2.16. The maximum atomic E-state index is 11.5. The number of rotatable bonds is 6. The number of nitrogens with zero attached hydrogens (tertiary/aromatic N) is 1. The zero-order valence-corrected chi connectivity index (χ0v) is 12.5. The summed E-state index contributed by atoms with van der Waals surface area (Å²) in [4.78, 5) is 13.8. The van der Waals surface area contributed by atoms with Gasteiger partial charge in [-0.15, -0.1) is 0 Å². The Kier molecular flexibility index (Phi) is 6.17. The van der Waals surface area contributed by atoms with Crippen molar-refractivity contribution in [3.05, 3.63) is 35.4 Å². The van der Waals surface area contributed by atoms with E-state index in [1.54, 1.807) is 19.1 Å². The molecule has 1 aromatic carbocycles. The molecular weight excluding hydrogens is 270 g/mol. The summed E-state index contributed by atoms with van der Waals surface area (Å²) in [5, 5.41) is 9.85. The summed E-state index contributed by atoms with van der Waals surface area (Å²) in [5.74, 6) is -0.599. The Morgan fingerprint density at radius 1 is 1.33 bits per heavy atom. The second-order valence-electron chi connectivity index (χ2n) is 5.10. The number of benzene rings is 1. The van der Waals surface area contributed by atoms with E-state index >= 15 is 0 Å². The minimum atomic E-state index is -1.20. The van der Waals surface area contributed by atoms with Crippen molar-refractivity contribution < 1.29 is 19.4 Å². The molecule has 1 fully saturated rings. The predicted octanol–water partition coefficient (Wildman–Crippen LogP) is 1.16. The van der Waals surface area contributed by atoms with Crippen LogP contribution in [0.1, 0.15) is 24.2 Å². The fraction of sp³-hybridized carbons (Fsp3) is 0.562. The molecule has 5 heteroatoms. The van der Waals surface area contributed by atoms with Crippen LogP contribution in [0.25, 0.3) is 0 Å². The lowest BCUT2D eigenvalue weighted by Gasteiger charge is -2.26. The lowest BCUT2D eigenvalue weighted by atomic mass is 10.1. The maximum Gasteiger partial charge on any atom is 0.339 e. The molecule has 1 aliphatic heterocycles. The standard InChI is InChI=1S/C16H23NO4/c1-2-21-16(19)15(18)14-5-3-13(4-6-14)7-8-17-9-11-20-12-10-17/h3-6,15,18H,2,7-12H2,1H3. The van der Waals surface area contributed by atoms with Gasteiger partial charge in [0.05, 0.1) is 19.8 Å². The maximum absolute atomic E-state index is 11.5. The molecule has 1 unspecified atom stereocenters. The number of ether oxygens (including phenoxy) is 2. The van der Waals surface area contributed by atoms with E-state index in [1.165, 1.54) is 5.56 Å². The first-order valence-corrected chi connectivity index (χ1v) is 7.44. The Labute approximate surface area is 125 Å². The van der Waals surface area contributed by atoms with Crippen molar-refractivity contribution in [3.63, 3.8) is 0 Å². The number of carbonyl (C=O) groups is 1. The summed E-state index contributed by atoms with van der Waals surface area (Å²) >= 11 is 0. The molecule has 0 aliphatic carbocycles. The van der Waals surface area contributed by atoms with Gasteiger partial charge < -0.3 is 14.6 Å². The first-order chi connectivity index (χ1) is 10.2. The molecule has 1 atom stereocenters. The molecule has 116 valence electrons. The first-order valence-electron chi connectivity index (χ1n) is 7.44. The zero-order chi connectivity index (χ0) is 15.1. The van der Waals surface area contributed by atoms with Gasteiger partial charge in [-0.05, 0) is 24.5 Å². The van der Waals surface area contributed by atoms with Gasteiger partial charge in [-0.25, -0.2) is 4.79 Å². The Balaban J connectivity index is 1.84. The SMILES string of the molecule is CCOC(=O)C(O)c1ccc(CCN2CCOCC2)cc1. The fourth-order valence-corrected chi connectivity index (χ4v) is 2.34. The Bertz CT molecular complexity index is 440. The Hall–Kier alpha value is -1.43. The highest BCUT2D eigenvalue weighted by atomic mass is 16.5. The van der Waals surface area contributed by atoms with E-state index in [4.69, 9.17) is 9.47 Å². The fourth-order valence-electron chi connectivity index (χ4n) is 2.34. The largest absolute Gasteiger partial charge is 0.464 e. The molecule has 1 heterocycles. The second-order valence-corrected chi connectivity index (χ2v) is 5.10. The van der Waals surface area contributed by atoms with Crippen LogP contribution in [0.5, 0.6) is 0 Å². The molecule has 0 spiro atoms. The molecule has 0 radical (unpaired) electrons. The average Bonchev–Trinajstić information content (AvgIpc) is 2.54. The minimum Gasteiger partial charge on any atom is -0.464 e. The smallest absolute Gasteiger partial charge is 0.339 e. The van der Waals surface area contributed by atoms with Gasteiger partial charge >= 0.3 is 5.97 Å². The summed E-state index contributed by atoms with van der Waals surface area (Å²) in [6.45, 7) is 6.59. The summed E-state index contributed by atoms with van der Waals surface area (Å²) < 4.78 is 10.1. The van der Waals surface area contributed by atoms with Crippen molar-refractivity contribution in [2.75, 3.05) is 39.5 Å². The molecule has 0 amide bonds. The highest BCUT2D eigenvalue weighted by Gasteiger charge is 2.18. The summed E-state index contributed by atoms with van der Waals surface area (Å²) in [6, 6.07) is 7.49. The Morgan fingerprint density at radius 3 is 2.62 bits per heavy atom. The van der Waals surface area contributed by atoms with E-state index < -0.39 is 12.1 Å². The van der Waals surface area contributed by atoms with Gasteiger partial charge in [-0.1, -0.05) is 24.3 Å². The van der Waals surface area contributed by atoms with Crippen molar-refractivity contribution in [1.29, 1.82) is 0 Å². The van der Waals surface area contributed by atoms with Crippen molar-refractivity contribution in [2.24, 2.45) is 0 Å². The molecule has 1 N–H and O–H groups in total. The third kappa shape index (κ3) is 4.81. The van der Waals surface area contributed by atoms with Crippen LogP contribution in [0.15, 0.2) is 24.3 Å². The predicted molar refractivity (Wildman–Crippen MR) is 79.0 cm³/mol. The van der Waals surface area contributed by atoms with Crippen LogP contribution in [-0.4, -0.2) is 55.4 Å². The van der Waals surface area contributed by atoms with Gasteiger partial charge in [0.1, 0.15) is 0 Å². The van der Waals surface area contributed by atoms with Gasteiger partial charge in [0, 0.05) is 19.6 Å². The van der Waals surface area contributed by atoms with Crippen molar-refractivity contribution in [1.82, 2.24) is 4.90 Å². The monoisotopic (exact) mass is 293 g/mol. The average molecular weight is 293 g/mol. The molecule has 0 saturated carbocycles. The number of aliphatic hydroxyl groups is 1. The third-order valence-corrected chi connectivity index (χ3v) is 3.63. The highest BCUT2D eigenvalue weighted by molar-refractivity contribution is 5.76. The number of aliphatic hydroxyl groups excluding tert-OH is 1. The lowest BCUT2D eigenvalue weighted by Crippen LogP contribution is -2.37. The molecule has 2 rings (SSSR count). The molecule has 21 heavy (non-hydrogen) atoms. The number of hydrogen-bond donors (Lipinski definition) is 1. The van der Waals surface area contributed by atoms with Gasteiger partial charge in [-0.2, -0.15) is 0 Å². The van der Waals surface area contributed by atoms with Crippen LogP contribution in [-0.2, 0) is 20.7 Å². The lowest BCUT2D eigenvalue weighted by molar-refractivity contribution is -0.153. The molecule has 1 aliphatic rings. The number of morpholine rings is 1. The topological polar surface area (TPSA) is 59.0 Å². The van der Waals surface area contributed by atoms with Crippen LogP contribution >= 0.6 is 0 Å². The van der Waals surface area contributed by atoms with Gasteiger partial charge in [-0.3, -0.25) is 4.90 Å². The van der Waals surface area contributed by atoms with Gasteiger partial charge in [0.25, 0.3) is 0 Å². The van der Waals surface area contributed by atoms with Crippen LogP contribution in [0.4, 0.5) is 0 Å². The van der Waals surface area contributed by atoms with Crippen LogP contribution < -0.4 is 0 Å². The second kappa shape index (κ2) is 8.12. The third-order valence-electron chi connectivity index (χ3n) is 3.63. The van der Waals surface area contributed by atoms with Crippen LogP contribution in [0.2, 0.25) is 0 Å². The normalized spacial score (nSPS) is 17.4. The molecular formula is C16H23NO4.